The molecular formula is C16H11BrClNO3. The highest BCUT2D eigenvalue weighted by Crippen LogP contribution is 2.40. The number of fused-ring (bicyclic) bond motifs is 1. The van der Waals surface area contributed by atoms with Crippen molar-refractivity contribution in [2.24, 2.45) is 0 Å². The molecule has 4 nitrogen and oxygen atoms in total. The van der Waals surface area contributed by atoms with Crippen LogP contribution in [0.25, 0.3) is 0 Å². The third-order valence-corrected chi connectivity index (χ3v) is 4.46. The van der Waals surface area contributed by atoms with Crippen LogP contribution in [0.1, 0.15) is 22.3 Å². The SMILES string of the molecule is O=C(C[C@]1(O)C(=O)Nc2ccc(Br)cc21)c1ccccc1Cl. The van der Waals surface area contributed by atoms with Gasteiger partial charge in [0.05, 0.1) is 11.4 Å². The van der Waals surface area contributed by atoms with Crippen molar-refractivity contribution in [3.8, 4) is 0 Å². The normalized spacial score (nSPS) is 19.7. The number of nitrogens with one attached hydrogen (secondary N) is 1. The van der Waals surface area contributed by atoms with Crippen molar-refractivity contribution in [3.05, 3.63) is 63.1 Å². The summed E-state index contributed by atoms with van der Waals surface area (Å²) in [6, 6.07) is 11.6. The fourth-order valence-corrected chi connectivity index (χ4v) is 3.11. The zero-order valence-electron chi connectivity index (χ0n) is 11.3. The Morgan fingerprint density at radius 1 is 1.27 bits per heavy atom. The summed E-state index contributed by atoms with van der Waals surface area (Å²) in [5.74, 6) is -1.00. The van der Waals surface area contributed by atoms with Crippen LogP contribution in [0, 0.1) is 0 Å². The first-order valence-corrected chi connectivity index (χ1v) is 7.70. The summed E-state index contributed by atoms with van der Waals surface area (Å²) in [5.41, 5.74) is -0.723. The van der Waals surface area contributed by atoms with Crippen LogP contribution in [0.4, 0.5) is 5.69 Å². The molecule has 0 unspecified atom stereocenters. The quantitative estimate of drug-likeness (QED) is 0.801. The fourth-order valence-electron chi connectivity index (χ4n) is 2.51. The van der Waals surface area contributed by atoms with Gasteiger partial charge in [0, 0.05) is 21.3 Å². The Kier molecular flexibility index (Phi) is 3.80. The van der Waals surface area contributed by atoms with Crippen LogP contribution >= 0.6 is 27.5 Å². The number of rotatable bonds is 3. The maximum absolute atomic E-state index is 12.4. The highest BCUT2D eigenvalue weighted by atomic mass is 79.9. The van der Waals surface area contributed by atoms with Crippen LogP contribution in [-0.2, 0) is 10.4 Å². The molecule has 1 atom stereocenters. The van der Waals surface area contributed by atoms with Crippen LogP contribution in [0.2, 0.25) is 5.02 Å². The van der Waals surface area contributed by atoms with Crippen molar-refractivity contribution in [3.63, 3.8) is 0 Å². The summed E-state index contributed by atoms with van der Waals surface area (Å²) in [5, 5.41) is 13.6. The van der Waals surface area contributed by atoms with E-state index in [-0.39, 0.29) is 12.0 Å². The van der Waals surface area contributed by atoms with Crippen molar-refractivity contribution < 1.29 is 14.7 Å². The molecule has 2 aromatic carbocycles. The van der Waals surface area contributed by atoms with E-state index in [9.17, 15) is 14.7 Å². The van der Waals surface area contributed by atoms with E-state index in [1.54, 1.807) is 42.5 Å². The maximum atomic E-state index is 12.4. The van der Waals surface area contributed by atoms with Crippen LogP contribution < -0.4 is 5.32 Å². The van der Waals surface area contributed by atoms with Gasteiger partial charge in [0.15, 0.2) is 11.4 Å². The molecule has 22 heavy (non-hydrogen) atoms. The minimum Gasteiger partial charge on any atom is -0.375 e. The molecule has 2 aromatic rings. The maximum Gasteiger partial charge on any atom is 0.261 e. The van der Waals surface area contributed by atoms with Gasteiger partial charge in [-0.25, -0.2) is 0 Å². The molecule has 0 aromatic heterocycles. The van der Waals surface area contributed by atoms with Gasteiger partial charge in [-0.15, -0.1) is 0 Å². The Morgan fingerprint density at radius 3 is 2.73 bits per heavy atom. The third kappa shape index (κ3) is 2.45. The highest BCUT2D eigenvalue weighted by Gasteiger charge is 2.47. The Hall–Kier alpha value is -1.69. The van der Waals surface area contributed by atoms with Gasteiger partial charge in [-0.2, -0.15) is 0 Å². The molecular weight excluding hydrogens is 370 g/mol. The Balaban J connectivity index is 1.98. The summed E-state index contributed by atoms with van der Waals surface area (Å²) >= 11 is 9.30. The second-order valence-electron chi connectivity index (χ2n) is 5.08. The van der Waals surface area contributed by atoms with Gasteiger partial charge in [0.2, 0.25) is 0 Å². The second kappa shape index (κ2) is 5.50. The lowest BCUT2D eigenvalue weighted by Crippen LogP contribution is -2.36. The first kappa shape index (κ1) is 15.2. The average molecular weight is 381 g/mol. The number of carbonyl (C=O) groups is 2. The topological polar surface area (TPSA) is 66.4 Å². The van der Waals surface area contributed by atoms with E-state index in [1.165, 1.54) is 0 Å². The van der Waals surface area contributed by atoms with E-state index >= 15 is 0 Å². The molecule has 1 amide bonds. The summed E-state index contributed by atoms with van der Waals surface area (Å²) in [7, 11) is 0. The minimum atomic E-state index is -1.89. The van der Waals surface area contributed by atoms with Crippen molar-refractivity contribution in [2.75, 3.05) is 5.32 Å². The van der Waals surface area contributed by atoms with Gasteiger partial charge in [-0.05, 0) is 30.3 Å². The molecule has 6 heteroatoms. The molecule has 1 heterocycles. The molecule has 0 saturated heterocycles. The van der Waals surface area contributed by atoms with Gasteiger partial charge in [0.1, 0.15) is 0 Å². The number of anilines is 1. The number of aliphatic hydroxyl groups is 1. The van der Waals surface area contributed by atoms with Gasteiger partial charge < -0.3 is 10.4 Å². The molecule has 2 N–H and O–H groups in total. The molecule has 0 fully saturated rings. The Bertz CT molecular complexity index is 793. The Morgan fingerprint density at radius 2 is 2.00 bits per heavy atom. The molecule has 0 radical (unpaired) electrons. The molecule has 3 rings (SSSR count). The van der Waals surface area contributed by atoms with E-state index < -0.39 is 17.3 Å². The number of carbonyl (C=O) groups excluding carboxylic acids is 2. The number of amides is 1. The van der Waals surface area contributed by atoms with E-state index in [0.717, 1.165) is 0 Å². The lowest BCUT2D eigenvalue weighted by atomic mass is 9.88. The van der Waals surface area contributed by atoms with Crippen LogP contribution in [0.5, 0.6) is 0 Å². The zero-order valence-corrected chi connectivity index (χ0v) is 13.6. The van der Waals surface area contributed by atoms with Crippen molar-refractivity contribution in [1.82, 2.24) is 0 Å². The average Bonchev–Trinajstić information content (AvgIpc) is 2.71. The minimum absolute atomic E-state index is 0.286. The van der Waals surface area contributed by atoms with E-state index in [1.807, 2.05) is 0 Å². The zero-order chi connectivity index (χ0) is 15.9. The molecule has 0 aliphatic carbocycles. The van der Waals surface area contributed by atoms with Crippen molar-refractivity contribution in [2.45, 2.75) is 12.0 Å². The van der Waals surface area contributed by atoms with E-state index in [2.05, 4.69) is 21.2 Å². The molecule has 112 valence electrons. The Labute approximate surface area is 140 Å². The smallest absolute Gasteiger partial charge is 0.261 e. The molecule has 0 spiro atoms. The summed E-state index contributed by atoms with van der Waals surface area (Å²) in [6.45, 7) is 0. The molecule has 1 aliphatic heterocycles. The van der Waals surface area contributed by atoms with Crippen LogP contribution in [-0.4, -0.2) is 16.8 Å². The lowest BCUT2D eigenvalue weighted by molar-refractivity contribution is -0.133. The van der Waals surface area contributed by atoms with Gasteiger partial charge in [-0.3, -0.25) is 9.59 Å². The fraction of sp³-hybridized carbons (Fsp3) is 0.125. The molecule has 1 aliphatic rings. The van der Waals surface area contributed by atoms with Gasteiger partial charge >= 0.3 is 0 Å². The second-order valence-corrected chi connectivity index (χ2v) is 6.41. The standard InChI is InChI=1S/C16H11BrClNO3/c17-9-5-6-13-11(7-9)16(22,15(21)19-13)8-14(20)10-3-1-2-4-12(10)18/h1-7,22H,8H2,(H,19,21)/t16-/m1/s1. The number of hydrogen-bond acceptors (Lipinski definition) is 3. The number of halogens is 2. The lowest BCUT2D eigenvalue weighted by Gasteiger charge is -2.20. The molecule has 0 bridgehead atoms. The molecule has 0 saturated carbocycles. The number of Topliss-reactive ketones (excluding diaryl/α,β-unsaturated/α-hetero) is 1. The largest absolute Gasteiger partial charge is 0.375 e. The number of hydrogen-bond donors (Lipinski definition) is 2. The predicted octanol–water partition coefficient (Wildman–Crippen LogP) is 3.52. The van der Waals surface area contributed by atoms with Crippen LogP contribution in [0.15, 0.2) is 46.9 Å². The van der Waals surface area contributed by atoms with Crippen molar-refractivity contribution in [1.29, 1.82) is 0 Å². The van der Waals surface area contributed by atoms with Crippen molar-refractivity contribution >= 4 is 44.9 Å². The summed E-state index contributed by atoms with van der Waals surface area (Å²) < 4.78 is 0.714. The van der Waals surface area contributed by atoms with E-state index in [0.29, 0.717) is 20.7 Å². The number of ketones is 1. The monoisotopic (exact) mass is 379 g/mol. The summed E-state index contributed by atoms with van der Waals surface area (Å²) in [4.78, 5) is 24.6. The van der Waals surface area contributed by atoms with Crippen LogP contribution in [0.3, 0.4) is 0 Å². The van der Waals surface area contributed by atoms with Gasteiger partial charge in [0.25, 0.3) is 5.91 Å². The first-order chi connectivity index (χ1) is 10.4. The third-order valence-electron chi connectivity index (χ3n) is 3.64. The predicted molar refractivity (Wildman–Crippen MR) is 87.1 cm³/mol. The van der Waals surface area contributed by atoms with Gasteiger partial charge in [-0.1, -0.05) is 39.7 Å². The highest BCUT2D eigenvalue weighted by molar-refractivity contribution is 9.10. The summed E-state index contributed by atoms with van der Waals surface area (Å²) in [6.07, 6.45) is -0.369. The van der Waals surface area contributed by atoms with E-state index in [4.69, 9.17) is 11.6 Å². The number of benzene rings is 2. The first-order valence-electron chi connectivity index (χ1n) is 6.53.